The molecule has 5 rings (SSSR count). The molecule has 196 valence electrons. The molecule has 2 aromatic carbocycles. The summed E-state index contributed by atoms with van der Waals surface area (Å²) in [5.41, 5.74) is 4.98. The number of hydrogen-bond acceptors (Lipinski definition) is 6. The molecular formula is C28H34N4O4S. The molecule has 0 spiro atoms. The van der Waals surface area contributed by atoms with Gasteiger partial charge in [0, 0.05) is 50.9 Å². The van der Waals surface area contributed by atoms with Gasteiger partial charge in [-0.2, -0.15) is 4.31 Å². The van der Waals surface area contributed by atoms with Crippen molar-refractivity contribution in [2.24, 2.45) is 5.92 Å². The van der Waals surface area contributed by atoms with E-state index in [0.717, 1.165) is 18.7 Å². The van der Waals surface area contributed by atoms with Crippen LogP contribution in [0.15, 0.2) is 57.9 Å². The lowest BCUT2D eigenvalue weighted by Gasteiger charge is -2.38. The summed E-state index contributed by atoms with van der Waals surface area (Å²) in [4.78, 5) is 18.3. The Morgan fingerprint density at radius 1 is 0.946 bits per heavy atom. The van der Waals surface area contributed by atoms with Crippen LogP contribution in [-0.2, 0) is 14.8 Å². The van der Waals surface area contributed by atoms with Crippen LogP contribution in [0, 0.1) is 33.6 Å². The van der Waals surface area contributed by atoms with E-state index in [1.807, 2.05) is 35.2 Å². The molecule has 2 aliphatic heterocycles. The minimum Gasteiger partial charge on any atom is -0.368 e. The van der Waals surface area contributed by atoms with Crippen LogP contribution in [-0.4, -0.2) is 68.0 Å². The fourth-order valence-corrected chi connectivity index (χ4v) is 7.47. The molecule has 3 heterocycles. The van der Waals surface area contributed by atoms with Crippen molar-refractivity contribution < 1.29 is 17.7 Å². The number of hydrogen-bond donors (Lipinski definition) is 0. The second-order valence-corrected chi connectivity index (χ2v) is 12.1. The van der Waals surface area contributed by atoms with E-state index in [0.29, 0.717) is 18.8 Å². The highest BCUT2D eigenvalue weighted by molar-refractivity contribution is 7.89. The van der Waals surface area contributed by atoms with E-state index in [1.54, 1.807) is 13.8 Å². The first-order valence-corrected chi connectivity index (χ1v) is 14.2. The zero-order chi connectivity index (χ0) is 26.3. The van der Waals surface area contributed by atoms with E-state index in [-0.39, 0.29) is 35.6 Å². The van der Waals surface area contributed by atoms with Crippen LogP contribution >= 0.6 is 0 Å². The van der Waals surface area contributed by atoms with Crippen molar-refractivity contribution in [2.45, 2.75) is 38.5 Å². The predicted molar refractivity (Wildman–Crippen MR) is 142 cm³/mol. The van der Waals surface area contributed by atoms with Gasteiger partial charge in [0.15, 0.2) is 5.76 Å². The molecule has 2 saturated heterocycles. The molecule has 37 heavy (non-hydrogen) atoms. The van der Waals surface area contributed by atoms with E-state index >= 15 is 0 Å². The summed E-state index contributed by atoms with van der Waals surface area (Å²) in [6.07, 6.45) is 0. The minimum atomic E-state index is -3.85. The van der Waals surface area contributed by atoms with Gasteiger partial charge in [0.25, 0.3) is 0 Å². The Morgan fingerprint density at radius 3 is 2.30 bits per heavy atom. The highest BCUT2D eigenvalue weighted by Gasteiger charge is 2.46. The van der Waals surface area contributed by atoms with Gasteiger partial charge in [0.1, 0.15) is 10.6 Å². The second-order valence-electron chi connectivity index (χ2n) is 10.2. The Morgan fingerprint density at radius 2 is 1.65 bits per heavy atom. The number of benzene rings is 2. The van der Waals surface area contributed by atoms with Crippen molar-refractivity contribution in [1.82, 2.24) is 14.4 Å². The molecule has 8 nitrogen and oxygen atoms in total. The van der Waals surface area contributed by atoms with Gasteiger partial charge >= 0.3 is 0 Å². The monoisotopic (exact) mass is 522 g/mol. The zero-order valence-electron chi connectivity index (χ0n) is 21.8. The van der Waals surface area contributed by atoms with Crippen molar-refractivity contribution in [1.29, 1.82) is 0 Å². The van der Waals surface area contributed by atoms with Crippen molar-refractivity contribution in [2.75, 3.05) is 44.2 Å². The fourth-order valence-electron chi connectivity index (χ4n) is 5.69. The van der Waals surface area contributed by atoms with Gasteiger partial charge in [-0.05, 0) is 50.5 Å². The first-order chi connectivity index (χ1) is 17.7. The largest absolute Gasteiger partial charge is 0.368 e. The Labute approximate surface area is 218 Å². The van der Waals surface area contributed by atoms with Crippen LogP contribution in [0.2, 0.25) is 0 Å². The zero-order valence-corrected chi connectivity index (χ0v) is 22.7. The van der Waals surface area contributed by atoms with E-state index in [1.165, 1.54) is 21.1 Å². The quantitative estimate of drug-likeness (QED) is 0.508. The number of rotatable bonds is 5. The Kier molecular flexibility index (Phi) is 6.85. The molecule has 0 radical (unpaired) electrons. The lowest BCUT2D eigenvalue weighted by molar-refractivity contribution is -0.135. The molecule has 1 amide bonds. The van der Waals surface area contributed by atoms with E-state index < -0.39 is 15.9 Å². The molecule has 2 atom stereocenters. The third-order valence-corrected chi connectivity index (χ3v) is 9.77. The minimum absolute atomic E-state index is 0.0194. The highest BCUT2D eigenvalue weighted by Crippen LogP contribution is 2.38. The Balaban J connectivity index is 1.37. The van der Waals surface area contributed by atoms with Crippen LogP contribution in [0.25, 0.3) is 0 Å². The van der Waals surface area contributed by atoms with Gasteiger partial charge < -0.3 is 14.3 Å². The smallest absolute Gasteiger partial charge is 0.248 e. The number of piperazine rings is 1. The summed E-state index contributed by atoms with van der Waals surface area (Å²) in [5.74, 6) is -0.386. The summed E-state index contributed by atoms with van der Waals surface area (Å²) >= 11 is 0. The average Bonchev–Trinajstić information content (AvgIpc) is 3.50. The summed E-state index contributed by atoms with van der Waals surface area (Å²) in [6.45, 7) is 10.6. The molecule has 2 fully saturated rings. The lowest BCUT2D eigenvalue weighted by atomic mass is 9.88. The number of carbonyl (C=O) groups is 1. The van der Waals surface area contributed by atoms with Crippen LogP contribution in [0.3, 0.4) is 0 Å². The lowest BCUT2D eigenvalue weighted by Crippen LogP contribution is -2.51. The summed E-state index contributed by atoms with van der Waals surface area (Å²) in [6, 6.07) is 16.2. The molecule has 1 aromatic heterocycles. The first-order valence-electron chi connectivity index (χ1n) is 12.8. The summed E-state index contributed by atoms with van der Waals surface area (Å²) in [5, 5.41) is 3.84. The van der Waals surface area contributed by atoms with Crippen molar-refractivity contribution in [3.8, 4) is 0 Å². The van der Waals surface area contributed by atoms with Crippen LogP contribution in [0.1, 0.15) is 34.1 Å². The maximum atomic E-state index is 13.9. The number of aromatic nitrogens is 1. The van der Waals surface area contributed by atoms with Crippen LogP contribution < -0.4 is 4.90 Å². The standard InChI is InChI=1S/C28H34N4O4S/c1-19-10-11-20(2)26(16-19)30-12-14-31(15-13-30)28(33)25-18-32(17-24(25)23-8-6-5-7-9-23)37(34,35)27-21(3)29-36-22(27)4/h5-11,16,24-25H,12-15,17-18H2,1-4H3/t24-,25?/m0/s1. The van der Waals surface area contributed by atoms with Gasteiger partial charge in [-0.15, -0.1) is 0 Å². The fraction of sp³-hybridized carbons (Fsp3) is 0.429. The molecule has 0 saturated carbocycles. The van der Waals surface area contributed by atoms with Gasteiger partial charge in [0.2, 0.25) is 15.9 Å². The van der Waals surface area contributed by atoms with Gasteiger partial charge in [-0.3, -0.25) is 4.79 Å². The van der Waals surface area contributed by atoms with Gasteiger partial charge in [-0.25, -0.2) is 8.42 Å². The number of carbonyl (C=O) groups excluding carboxylic acids is 1. The molecule has 0 bridgehead atoms. The number of amides is 1. The van der Waals surface area contributed by atoms with E-state index in [2.05, 4.69) is 42.1 Å². The third kappa shape index (κ3) is 4.78. The van der Waals surface area contributed by atoms with Gasteiger partial charge in [-0.1, -0.05) is 47.6 Å². The topological polar surface area (TPSA) is 87.0 Å². The van der Waals surface area contributed by atoms with Crippen LogP contribution in [0.5, 0.6) is 0 Å². The number of aryl methyl sites for hydroxylation is 4. The summed E-state index contributed by atoms with van der Waals surface area (Å²) in [7, 11) is -3.85. The number of sulfonamides is 1. The SMILES string of the molecule is Cc1ccc(C)c(N2CCN(C(=O)C3CN(S(=O)(=O)c4c(C)noc4C)C[C@H]3c3ccccc3)CC2)c1. The number of nitrogens with zero attached hydrogens (tertiary/aromatic N) is 4. The van der Waals surface area contributed by atoms with Gasteiger partial charge in [0.05, 0.1) is 5.92 Å². The molecule has 9 heteroatoms. The molecular weight excluding hydrogens is 488 g/mol. The maximum absolute atomic E-state index is 13.9. The predicted octanol–water partition coefficient (Wildman–Crippen LogP) is 3.66. The highest BCUT2D eigenvalue weighted by atomic mass is 32.2. The van der Waals surface area contributed by atoms with Crippen LogP contribution in [0.4, 0.5) is 5.69 Å². The first kappa shape index (κ1) is 25.5. The average molecular weight is 523 g/mol. The second kappa shape index (κ2) is 9.95. The summed E-state index contributed by atoms with van der Waals surface area (Å²) < 4.78 is 33.8. The van der Waals surface area contributed by atoms with E-state index in [4.69, 9.17) is 4.52 Å². The third-order valence-electron chi connectivity index (χ3n) is 7.69. The molecule has 2 aliphatic rings. The molecule has 0 N–H and O–H groups in total. The Bertz CT molecular complexity index is 1380. The maximum Gasteiger partial charge on any atom is 0.248 e. The Hall–Kier alpha value is -3.17. The molecule has 1 unspecified atom stereocenters. The molecule has 0 aliphatic carbocycles. The van der Waals surface area contributed by atoms with Crippen molar-refractivity contribution >= 4 is 21.6 Å². The normalized spacial score (nSPS) is 21.0. The number of anilines is 1. The van der Waals surface area contributed by atoms with Crippen molar-refractivity contribution in [3.63, 3.8) is 0 Å². The van der Waals surface area contributed by atoms with Crippen molar-refractivity contribution in [3.05, 3.63) is 76.7 Å². The molecule has 3 aromatic rings. The van der Waals surface area contributed by atoms with E-state index in [9.17, 15) is 13.2 Å².